The molecule has 0 amide bonds. The molecule has 0 spiro atoms. The van der Waals surface area contributed by atoms with Gasteiger partial charge in [-0.15, -0.1) is 19.6 Å². The van der Waals surface area contributed by atoms with Crippen LogP contribution in [0.15, 0.2) is 11.1 Å². The van der Waals surface area contributed by atoms with Crippen LogP contribution in [0.1, 0.15) is 105 Å². The molecule has 0 aromatic heterocycles. The average molecular weight is 414 g/mol. The maximum Gasteiger partial charge on any atom is 0.692 e. The van der Waals surface area contributed by atoms with Crippen LogP contribution in [-0.4, -0.2) is 19.6 Å². The first-order chi connectivity index (χ1) is 12.3. The zero-order valence-electron chi connectivity index (χ0n) is 17.0. The third-order valence-corrected chi connectivity index (χ3v) is 3.83. The average Bonchev–Trinajstić information content (AvgIpc) is 2.55. The van der Waals surface area contributed by atoms with Crippen molar-refractivity contribution in [2.75, 3.05) is 0 Å². The molecule has 0 aromatic rings. The molecule has 0 saturated carbocycles. The first kappa shape index (κ1) is 30.5. The highest BCUT2D eigenvalue weighted by Crippen LogP contribution is 2.26. The van der Waals surface area contributed by atoms with E-state index in [1.165, 1.54) is 77.0 Å². The van der Waals surface area contributed by atoms with Gasteiger partial charge in [0, 0.05) is 9.13 Å². The molecule has 0 atom stereocenters. The lowest BCUT2D eigenvalue weighted by Crippen LogP contribution is -1.95. The zero-order chi connectivity index (χ0) is 20.8. The van der Waals surface area contributed by atoms with Gasteiger partial charge in [-0.05, 0) is 51.4 Å². The number of hydrogen-bond acceptors (Lipinski definition) is 2. The lowest BCUT2D eigenvalue weighted by molar-refractivity contribution is 0.403. The van der Waals surface area contributed by atoms with Gasteiger partial charge in [-0.2, -0.15) is 0 Å². The van der Waals surface area contributed by atoms with E-state index in [9.17, 15) is 0 Å². The van der Waals surface area contributed by atoms with E-state index in [-0.39, 0.29) is 0 Å². The first-order valence-electron chi connectivity index (χ1n) is 9.66. The molecule has 156 valence electrons. The smallest absolute Gasteiger partial charge is 0.134 e. The molecule has 0 aromatic carbocycles. The van der Waals surface area contributed by atoms with Crippen LogP contribution in [-0.2, 0) is 9.13 Å². The zero-order valence-corrected chi connectivity index (χ0v) is 18.8. The van der Waals surface area contributed by atoms with Crippen molar-refractivity contribution < 1.29 is 28.7 Å². The van der Waals surface area contributed by atoms with Gasteiger partial charge in [0.2, 0.25) is 0 Å². The van der Waals surface area contributed by atoms with Crippen molar-refractivity contribution in [3.8, 4) is 0 Å². The maximum absolute atomic E-state index is 8.70. The van der Waals surface area contributed by atoms with Gasteiger partial charge in [-0.25, -0.2) is 0 Å². The Kier molecular flexibility index (Phi) is 29.1. The van der Waals surface area contributed by atoms with Crippen molar-refractivity contribution in [1.82, 2.24) is 0 Å². The Balaban J connectivity index is -0.000000551. The van der Waals surface area contributed by atoms with Crippen LogP contribution in [0.3, 0.4) is 0 Å². The molecule has 0 radical (unpaired) electrons. The topological polar surface area (TPSA) is 115 Å². The highest BCUT2D eigenvalue weighted by Gasteiger charge is 2.06. The maximum atomic E-state index is 8.70. The fourth-order valence-corrected chi connectivity index (χ4v) is 2.52. The molecule has 0 saturated heterocycles. The van der Waals surface area contributed by atoms with Gasteiger partial charge in [-0.3, -0.25) is 0 Å². The second-order valence-electron chi connectivity index (χ2n) is 6.13. The summed E-state index contributed by atoms with van der Waals surface area (Å²) in [7, 11) is -5.74. The largest absolute Gasteiger partial charge is 0.692 e. The molecule has 6 nitrogen and oxygen atoms in total. The monoisotopic (exact) mass is 414 g/mol. The number of allylic oxidation sites excluding steroid dienone is 2. The molecule has 0 unspecified atom stereocenters. The van der Waals surface area contributed by atoms with Crippen molar-refractivity contribution in [2.24, 2.45) is 0 Å². The van der Waals surface area contributed by atoms with E-state index in [0.29, 0.717) is 0 Å². The van der Waals surface area contributed by atoms with E-state index in [1.807, 2.05) is 11.1 Å². The third kappa shape index (κ3) is 31.5. The van der Waals surface area contributed by atoms with Crippen LogP contribution in [0.2, 0.25) is 0 Å². The van der Waals surface area contributed by atoms with E-state index in [0.717, 1.165) is 0 Å². The van der Waals surface area contributed by atoms with Crippen molar-refractivity contribution in [3.63, 3.8) is 0 Å². The van der Waals surface area contributed by atoms with E-state index in [4.69, 9.17) is 28.7 Å². The highest BCUT2D eigenvalue weighted by molar-refractivity contribution is 7.31. The highest BCUT2D eigenvalue weighted by atomic mass is 31.1. The normalized spacial score (nSPS) is 9.38. The van der Waals surface area contributed by atoms with Crippen LogP contribution >= 0.6 is 16.5 Å². The van der Waals surface area contributed by atoms with E-state index < -0.39 is 16.5 Å². The molecule has 0 bridgehead atoms. The van der Waals surface area contributed by atoms with Gasteiger partial charge in [-0.1, -0.05) is 64.5 Å². The number of rotatable bonds is 12. The third-order valence-electron chi connectivity index (χ3n) is 3.83. The lowest BCUT2D eigenvalue weighted by atomic mass is 9.91. The Morgan fingerprint density at radius 1 is 0.538 bits per heavy atom. The second-order valence-corrected chi connectivity index (χ2v) is 7.14. The van der Waals surface area contributed by atoms with Crippen LogP contribution in [0.4, 0.5) is 0 Å². The summed E-state index contributed by atoms with van der Waals surface area (Å²) in [6, 6.07) is 0. The van der Waals surface area contributed by atoms with Crippen molar-refractivity contribution in [3.05, 3.63) is 11.1 Å². The Bertz CT molecular complexity index is 311. The first-order valence-corrected chi connectivity index (χ1v) is 12.0. The fraction of sp³-hybridized carbons (Fsp3) is 0.889. The van der Waals surface area contributed by atoms with Crippen LogP contribution in [0.5, 0.6) is 0 Å². The summed E-state index contributed by atoms with van der Waals surface area (Å²) in [5.41, 5.74) is 3.67. The number of unbranched alkanes of at least 4 members (excludes halogenated alkanes) is 4. The van der Waals surface area contributed by atoms with Gasteiger partial charge in [0.1, 0.15) is 0 Å². The van der Waals surface area contributed by atoms with Gasteiger partial charge in [0.05, 0.1) is 0 Å². The SMILES string of the molecule is CCCCC(CCCC)=C(CCCC)CCCC.O=[P+](O)O.O=[P+](O)O. The van der Waals surface area contributed by atoms with Gasteiger partial charge in [0.25, 0.3) is 0 Å². The summed E-state index contributed by atoms with van der Waals surface area (Å²) in [4.78, 5) is 28.5. The standard InChI is InChI=1S/C18H36.2HO3P/c1-5-9-13-17(14-10-6-2)18(15-11-7-3)16-12-8-4;2*1-4(2)3/h5-16H2,1-4H3;2*(H-,1,2,3)/p+2. The number of hydrogen-bond donors (Lipinski definition) is 4. The molecular weight excluding hydrogens is 374 g/mol. The minimum Gasteiger partial charge on any atom is -0.134 e. The van der Waals surface area contributed by atoms with E-state index in [2.05, 4.69) is 27.7 Å². The summed E-state index contributed by atoms with van der Waals surface area (Å²) in [6.07, 6.45) is 16.4. The van der Waals surface area contributed by atoms with Crippen LogP contribution in [0.25, 0.3) is 0 Å². The van der Waals surface area contributed by atoms with Gasteiger partial charge >= 0.3 is 16.5 Å². The lowest BCUT2D eigenvalue weighted by Gasteiger charge is -2.15. The molecule has 0 fully saturated rings. The van der Waals surface area contributed by atoms with E-state index >= 15 is 0 Å². The predicted molar refractivity (Wildman–Crippen MR) is 109 cm³/mol. The molecule has 0 aliphatic rings. The Labute approximate surface area is 161 Å². The summed E-state index contributed by atoms with van der Waals surface area (Å²) < 4.78 is 17.4. The summed E-state index contributed by atoms with van der Waals surface area (Å²) in [6.45, 7) is 9.26. The fourth-order valence-electron chi connectivity index (χ4n) is 2.52. The summed E-state index contributed by atoms with van der Waals surface area (Å²) in [5.74, 6) is 0. The Hall–Kier alpha value is -0.220. The Morgan fingerprint density at radius 3 is 0.808 bits per heavy atom. The minimum absolute atomic E-state index is 1.34. The molecule has 26 heavy (non-hydrogen) atoms. The molecule has 0 aliphatic carbocycles. The van der Waals surface area contributed by atoms with E-state index in [1.54, 1.807) is 0 Å². The van der Waals surface area contributed by atoms with Gasteiger partial charge in [0.15, 0.2) is 0 Å². The second kappa shape index (κ2) is 24.8. The minimum atomic E-state index is -2.87. The summed E-state index contributed by atoms with van der Waals surface area (Å²) >= 11 is 0. The molecule has 0 rings (SSSR count). The molecule has 0 heterocycles. The summed E-state index contributed by atoms with van der Waals surface area (Å²) in [5, 5.41) is 0. The Morgan fingerprint density at radius 2 is 0.692 bits per heavy atom. The molecule has 4 N–H and O–H groups in total. The molecule has 0 aliphatic heterocycles. The quantitative estimate of drug-likeness (QED) is 0.220. The predicted octanol–water partition coefficient (Wildman–Crippen LogP) is 6.30. The molecular formula is C18H40O6P2+2. The van der Waals surface area contributed by atoms with Crippen LogP contribution < -0.4 is 0 Å². The molecule has 8 heteroatoms. The van der Waals surface area contributed by atoms with Crippen molar-refractivity contribution in [1.29, 1.82) is 0 Å². The van der Waals surface area contributed by atoms with Gasteiger partial charge < -0.3 is 0 Å². The van der Waals surface area contributed by atoms with Crippen LogP contribution in [0, 0.1) is 0 Å². The van der Waals surface area contributed by atoms with Crippen molar-refractivity contribution >= 4 is 16.5 Å². The van der Waals surface area contributed by atoms with Crippen molar-refractivity contribution in [2.45, 2.75) is 105 Å².